The molecule has 0 aromatic carbocycles. The van der Waals surface area contributed by atoms with E-state index < -0.39 is 0 Å². The van der Waals surface area contributed by atoms with Crippen LogP contribution in [-0.4, -0.2) is 32.8 Å². The van der Waals surface area contributed by atoms with Gasteiger partial charge in [0, 0.05) is 19.6 Å². The summed E-state index contributed by atoms with van der Waals surface area (Å²) in [6.45, 7) is 9.88. The summed E-state index contributed by atoms with van der Waals surface area (Å²) >= 11 is 5.01. The molecule has 18 heavy (non-hydrogen) atoms. The smallest absolute Gasteiger partial charge is 0.0870 e. The molecule has 0 aliphatic rings. The highest BCUT2D eigenvalue weighted by atomic mass is 32.1. The molecule has 0 fully saturated rings. The van der Waals surface area contributed by atoms with Crippen LogP contribution in [0, 0.1) is 0 Å². The Morgan fingerprint density at radius 2 is 2.17 bits per heavy atom. The molecule has 0 aliphatic heterocycles. The summed E-state index contributed by atoms with van der Waals surface area (Å²) in [5, 5.41) is 4.57. The second kappa shape index (κ2) is 7.48. The third-order valence-electron chi connectivity index (χ3n) is 2.88. The van der Waals surface area contributed by atoms with E-state index in [2.05, 4.69) is 41.5 Å². The summed E-state index contributed by atoms with van der Waals surface area (Å²) < 4.78 is 2.07. The third-order valence-corrected chi connectivity index (χ3v) is 3.01. The van der Waals surface area contributed by atoms with Crippen molar-refractivity contribution in [3.05, 3.63) is 17.5 Å². The molecule has 2 N–H and O–H groups in total. The lowest BCUT2D eigenvalue weighted by Gasteiger charge is -2.21. The molecular formula is C13H24N4S. The van der Waals surface area contributed by atoms with Crippen molar-refractivity contribution in [2.24, 2.45) is 5.73 Å². The lowest BCUT2D eigenvalue weighted by atomic mass is 10.3. The van der Waals surface area contributed by atoms with Crippen LogP contribution in [0.5, 0.6) is 0 Å². The van der Waals surface area contributed by atoms with Crippen molar-refractivity contribution < 1.29 is 0 Å². The summed E-state index contributed by atoms with van der Waals surface area (Å²) in [7, 11) is 0. The predicted molar refractivity (Wildman–Crippen MR) is 79.6 cm³/mol. The van der Waals surface area contributed by atoms with Crippen molar-refractivity contribution in [3.8, 4) is 0 Å². The maximum atomic E-state index is 5.65. The van der Waals surface area contributed by atoms with Crippen LogP contribution in [0.1, 0.15) is 38.6 Å². The molecule has 0 amide bonds. The normalized spacial score (nSPS) is 11.1. The Bertz CT molecular complexity index is 386. The van der Waals surface area contributed by atoms with Gasteiger partial charge in [0.25, 0.3) is 0 Å². The van der Waals surface area contributed by atoms with Crippen LogP contribution in [0.25, 0.3) is 0 Å². The van der Waals surface area contributed by atoms with Gasteiger partial charge >= 0.3 is 0 Å². The van der Waals surface area contributed by atoms with Gasteiger partial charge in [0.15, 0.2) is 0 Å². The Labute approximate surface area is 115 Å². The molecule has 0 saturated heterocycles. The van der Waals surface area contributed by atoms with Crippen LogP contribution >= 0.6 is 12.2 Å². The van der Waals surface area contributed by atoms with Gasteiger partial charge in [0.05, 0.1) is 16.4 Å². The highest BCUT2D eigenvalue weighted by molar-refractivity contribution is 7.80. The zero-order valence-corrected chi connectivity index (χ0v) is 12.5. The second-order valence-electron chi connectivity index (χ2n) is 4.47. The van der Waals surface area contributed by atoms with Gasteiger partial charge in [-0.15, -0.1) is 0 Å². The summed E-state index contributed by atoms with van der Waals surface area (Å²) in [6, 6.07) is 2.19. The molecule has 1 heterocycles. The minimum atomic E-state index is 0.557. The van der Waals surface area contributed by atoms with E-state index in [1.54, 1.807) is 0 Å². The monoisotopic (exact) mass is 268 g/mol. The van der Waals surface area contributed by atoms with Gasteiger partial charge in [0.2, 0.25) is 0 Å². The zero-order chi connectivity index (χ0) is 13.5. The lowest BCUT2D eigenvalue weighted by Crippen LogP contribution is -2.33. The molecule has 0 radical (unpaired) electrons. The van der Waals surface area contributed by atoms with Gasteiger partial charge in [-0.2, -0.15) is 5.10 Å². The highest BCUT2D eigenvalue weighted by Crippen LogP contribution is 2.09. The average Bonchev–Trinajstić information content (AvgIpc) is 2.71. The van der Waals surface area contributed by atoms with Crippen molar-refractivity contribution in [1.82, 2.24) is 14.7 Å². The fourth-order valence-corrected chi connectivity index (χ4v) is 2.25. The summed E-state index contributed by atoms with van der Waals surface area (Å²) in [5.74, 6) is 0. The van der Waals surface area contributed by atoms with Crippen LogP contribution in [0.4, 0.5) is 0 Å². The number of hydrogen-bond acceptors (Lipinski definition) is 3. The lowest BCUT2D eigenvalue weighted by molar-refractivity contribution is 0.294. The van der Waals surface area contributed by atoms with Crippen LogP contribution in [0.2, 0.25) is 0 Å². The molecule has 0 bridgehead atoms. The SMILES string of the molecule is CCCN(CC(N)=S)Cc1cc(CC)nn1CC. The molecule has 1 rings (SSSR count). The highest BCUT2D eigenvalue weighted by Gasteiger charge is 2.11. The number of aromatic nitrogens is 2. The van der Waals surface area contributed by atoms with E-state index in [9.17, 15) is 0 Å². The van der Waals surface area contributed by atoms with Gasteiger partial charge in [-0.1, -0.05) is 26.1 Å². The van der Waals surface area contributed by atoms with Gasteiger partial charge in [-0.3, -0.25) is 9.58 Å². The Morgan fingerprint density at radius 1 is 1.44 bits per heavy atom. The predicted octanol–water partition coefficient (Wildman–Crippen LogP) is 1.96. The first-order chi connectivity index (χ1) is 8.60. The number of thiocarbonyl (C=S) groups is 1. The molecule has 102 valence electrons. The topological polar surface area (TPSA) is 47.1 Å². The summed E-state index contributed by atoms with van der Waals surface area (Å²) in [5.41, 5.74) is 8.05. The molecule has 0 unspecified atom stereocenters. The molecule has 0 aliphatic carbocycles. The number of rotatable bonds is 8. The van der Waals surface area contributed by atoms with Crippen molar-refractivity contribution in [2.45, 2.75) is 46.7 Å². The quantitative estimate of drug-likeness (QED) is 0.732. The molecule has 0 spiro atoms. The van der Waals surface area contributed by atoms with Crippen molar-refractivity contribution in [3.63, 3.8) is 0 Å². The van der Waals surface area contributed by atoms with E-state index >= 15 is 0 Å². The van der Waals surface area contributed by atoms with E-state index in [-0.39, 0.29) is 0 Å². The molecular weight excluding hydrogens is 244 g/mol. The Kier molecular flexibility index (Phi) is 6.29. The van der Waals surface area contributed by atoms with E-state index in [1.165, 1.54) is 5.69 Å². The van der Waals surface area contributed by atoms with Crippen LogP contribution in [0.3, 0.4) is 0 Å². The Morgan fingerprint density at radius 3 is 2.67 bits per heavy atom. The van der Waals surface area contributed by atoms with Gasteiger partial charge in [0.1, 0.15) is 0 Å². The van der Waals surface area contributed by atoms with E-state index in [1.807, 2.05) is 0 Å². The molecule has 1 aromatic rings. The Hall–Kier alpha value is -0.940. The van der Waals surface area contributed by atoms with E-state index in [4.69, 9.17) is 18.0 Å². The Balaban J connectivity index is 2.78. The maximum Gasteiger partial charge on any atom is 0.0870 e. The first-order valence-corrected chi connectivity index (χ1v) is 7.07. The maximum absolute atomic E-state index is 5.65. The first-order valence-electron chi connectivity index (χ1n) is 6.66. The van der Waals surface area contributed by atoms with Crippen LogP contribution in [0.15, 0.2) is 6.07 Å². The molecule has 0 atom stereocenters. The second-order valence-corrected chi connectivity index (χ2v) is 5.00. The van der Waals surface area contributed by atoms with Crippen molar-refractivity contribution in [1.29, 1.82) is 0 Å². The number of hydrogen-bond donors (Lipinski definition) is 1. The molecule has 1 aromatic heterocycles. The van der Waals surface area contributed by atoms with Crippen molar-refractivity contribution in [2.75, 3.05) is 13.1 Å². The van der Waals surface area contributed by atoms with Crippen LogP contribution in [-0.2, 0) is 19.5 Å². The first kappa shape index (κ1) is 15.1. The number of nitrogens with zero attached hydrogens (tertiary/aromatic N) is 3. The van der Waals surface area contributed by atoms with E-state index in [0.29, 0.717) is 11.5 Å². The molecule has 0 saturated carbocycles. The molecule has 5 heteroatoms. The van der Waals surface area contributed by atoms with Gasteiger partial charge in [-0.05, 0) is 32.4 Å². The standard InChI is InChI=1S/C13H24N4S/c1-4-7-16(10-13(14)18)9-12-8-11(5-2)15-17(12)6-3/h8H,4-7,9-10H2,1-3H3,(H2,14,18). The number of aryl methyl sites for hydroxylation is 2. The fraction of sp³-hybridized carbons (Fsp3) is 0.692. The van der Waals surface area contributed by atoms with Gasteiger partial charge < -0.3 is 5.73 Å². The summed E-state index contributed by atoms with van der Waals surface area (Å²) in [4.78, 5) is 2.84. The van der Waals surface area contributed by atoms with Crippen molar-refractivity contribution >= 4 is 17.2 Å². The summed E-state index contributed by atoms with van der Waals surface area (Å²) in [6.07, 6.45) is 2.08. The van der Waals surface area contributed by atoms with Crippen LogP contribution < -0.4 is 5.73 Å². The van der Waals surface area contributed by atoms with Gasteiger partial charge in [-0.25, -0.2) is 0 Å². The largest absolute Gasteiger partial charge is 0.392 e. The minimum absolute atomic E-state index is 0.557. The van der Waals surface area contributed by atoms with E-state index in [0.717, 1.165) is 38.2 Å². The average molecular weight is 268 g/mol. The number of nitrogens with two attached hydrogens (primary N) is 1. The molecule has 4 nitrogen and oxygen atoms in total. The zero-order valence-electron chi connectivity index (χ0n) is 11.6. The third kappa shape index (κ3) is 4.38. The minimum Gasteiger partial charge on any atom is -0.392 e. The fourth-order valence-electron chi connectivity index (χ4n) is 2.07.